The second-order valence-corrected chi connectivity index (χ2v) is 2.92. The maximum absolute atomic E-state index is 13.0. The summed E-state index contributed by atoms with van der Waals surface area (Å²) in [5.74, 6) is 0.0486. The molecule has 0 fully saturated rings. The van der Waals surface area contributed by atoms with Crippen molar-refractivity contribution < 1.29 is 18.7 Å². The number of ether oxygens (including phenoxy) is 2. The predicted octanol–water partition coefficient (Wildman–Crippen LogP) is 1.47. The molecule has 5 heteroatoms. The highest BCUT2D eigenvalue weighted by Crippen LogP contribution is 2.16. The van der Waals surface area contributed by atoms with Crippen LogP contribution in [0.2, 0.25) is 0 Å². The third kappa shape index (κ3) is 3.84. The molecule has 0 heterocycles. The molecule has 0 aliphatic carbocycles. The van der Waals surface area contributed by atoms with Gasteiger partial charge in [-0.15, -0.1) is 0 Å². The smallest absolute Gasteiger partial charge is 0.404 e. The molecule has 1 rings (SSSR count). The second kappa shape index (κ2) is 5.19. The minimum absolute atomic E-state index is 0.127. The third-order valence-corrected chi connectivity index (χ3v) is 1.80. The number of primary amides is 1. The van der Waals surface area contributed by atoms with Gasteiger partial charge in [0.2, 0.25) is 0 Å². The predicted molar refractivity (Wildman–Crippen MR) is 52.2 cm³/mol. The van der Waals surface area contributed by atoms with E-state index >= 15 is 0 Å². The van der Waals surface area contributed by atoms with Gasteiger partial charge in [-0.25, -0.2) is 9.18 Å². The number of methoxy groups -OCH3 is 1. The molecule has 2 N–H and O–H groups in total. The summed E-state index contributed by atoms with van der Waals surface area (Å²) < 4.78 is 22.4. The lowest BCUT2D eigenvalue weighted by atomic mass is 10.1. The SMILES string of the molecule is COc1cc(F)cc(CCOC(N)=O)c1. The molecule has 0 saturated carbocycles. The van der Waals surface area contributed by atoms with Gasteiger partial charge in [-0.3, -0.25) is 0 Å². The molecule has 0 atom stereocenters. The highest BCUT2D eigenvalue weighted by atomic mass is 19.1. The van der Waals surface area contributed by atoms with Gasteiger partial charge in [-0.1, -0.05) is 0 Å². The quantitative estimate of drug-likeness (QED) is 0.823. The van der Waals surface area contributed by atoms with Crippen LogP contribution >= 0.6 is 0 Å². The van der Waals surface area contributed by atoms with E-state index in [1.54, 1.807) is 6.07 Å². The Bertz CT molecular complexity index is 355. The maximum atomic E-state index is 13.0. The number of carbonyl (C=O) groups excluding carboxylic acids is 1. The topological polar surface area (TPSA) is 61.6 Å². The summed E-state index contributed by atoms with van der Waals surface area (Å²) in [5, 5.41) is 0. The minimum atomic E-state index is -0.835. The fraction of sp³-hybridized carbons (Fsp3) is 0.300. The highest BCUT2D eigenvalue weighted by Gasteiger charge is 2.02. The van der Waals surface area contributed by atoms with Crippen molar-refractivity contribution in [3.05, 3.63) is 29.6 Å². The Hall–Kier alpha value is -1.78. The number of hydrogen-bond acceptors (Lipinski definition) is 3. The van der Waals surface area contributed by atoms with E-state index in [2.05, 4.69) is 4.74 Å². The van der Waals surface area contributed by atoms with Crippen LogP contribution in [0, 0.1) is 5.82 Å². The standard InChI is InChI=1S/C10H12FNO3/c1-14-9-5-7(4-8(11)6-9)2-3-15-10(12)13/h4-6H,2-3H2,1H3,(H2,12,13). The number of hydrogen-bond donors (Lipinski definition) is 1. The van der Waals surface area contributed by atoms with E-state index in [1.165, 1.54) is 19.2 Å². The first-order chi connectivity index (χ1) is 7.11. The first-order valence-electron chi connectivity index (χ1n) is 4.37. The number of rotatable bonds is 4. The molecule has 0 bridgehead atoms. The fourth-order valence-electron chi connectivity index (χ4n) is 1.15. The molecule has 0 saturated heterocycles. The molecule has 1 aromatic rings. The van der Waals surface area contributed by atoms with Crippen molar-refractivity contribution in [1.82, 2.24) is 0 Å². The molecule has 4 nitrogen and oxygen atoms in total. The Kier molecular flexibility index (Phi) is 3.91. The minimum Gasteiger partial charge on any atom is -0.497 e. The van der Waals surface area contributed by atoms with Crippen molar-refractivity contribution >= 4 is 6.09 Å². The monoisotopic (exact) mass is 213 g/mol. The second-order valence-electron chi connectivity index (χ2n) is 2.92. The number of carbonyl (C=O) groups is 1. The van der Waals surface area contributed by atoms with Crippen molar-refractivity contribution in [3.63, 3.8) is 0 Å². The van der Waals surface area contributed by atoms with E-state index in [-0.39, 0.29) is 12.4 Å². The van der Waals surface area contributed by atoms with Gasteiger partial charge in [0, 0.05) is 12.5 Å². The molecule has 0 radical (unpaired) electrons. The summed E-state index contributed by atoms with van der Waals surface area (Å²) in [7, 11) is 1.46. The summed E-state index contributed by atoms with van der Waals surface area (Å²) in [6.07, 6.45) is -0.435. The molecule has 15 heavy (non-hydrogen) atoms. The average Bonchev–Trinajstić information content (AvgIpc) is 2.16. The first kappa shape index (κ1) is 11.3. The lowest BCUT2D eigenvalue weighted by Gasteiger charge is -2.05. The molecule has 1 aromatic carbocycles. The molecule has 0 aliphatic rings. The summed E-state index contributed by atoms with van der Waals surface area (Å²) >= 11 is 0. The number of benzene rings is 1. The van der Waals surface area contributed by atoms with E-state index in [1.807, 2.05) is 0 Å². The van der Waals surface area contributed by atoms with Gasteiger partial charge in [0.15, 0.2) is 0 Å². The number of nitrogens with two attached hydrogens (primary N) is 1. The van der Waals surface area contributed by atoms with Gasteiger partial charge in [-0.2, -0.15) is 0 Å². The summed E-state index contributed by atoms with van der Waals surface area (Å²) in [5.41, 5.74) is 5.47. The van der Waals surface area contributed by atoms with E-state index in [0.29, 0.717) is 17.7 Å². The Balaban J connectivity index is 2.60. The lowest BCUT2D eigenvalue weighted by Crippen LogP contribution is -2.14. The molecule has 1 amide bonds. The summed E-state index contributed by atoms with van der Waals surface area (Å²) in [6.45, 7) is 0.127. The molecule has 0 unspecified atom stereocenters. The van der Waals surface area contributed by atoms with Crippen LogP contribution in [-0.4, -0.2) is 19.8 Å². The molecule has 0 spiro atoms. The van der Waals surface area contributed by atoms with Crippen LogP contribution in [0.4, 0.5) is 9.18 Å². The zero-order chi connectivity index (χ0) is 11.3. The Morgan fingerprint density at radius 3 is 2.80 bits per heavy atom. The zero-order valence-corrected chi connectivity index (χ0v) is 8.33. The van der Waals surface area contributed by atoms with Crippen molar-refractivity contribution in [2.45, 2.75) is 6.42 Å². The van der Waals surface area contributed by atoms with E-state index < -0.39 is 6.09 Å². The average molecular weight is 213 g/mol. The Morgan fingerprint density at radius 1 is 1.47 bits per heavy atom. The van der Waals surface area contributed by atoms with E-state index in [0.717, 1.165) is 0 Å². The Labute approximate surface area is 86.8 Å². The normalized spacial score (nSPS) is 9.73. The Morgan fingerprint density at radius 2 is 2.20 bits per heavy atom. The third-order valence-electron chi connectivity index (χ3n) is 1.80. The zero-order valence-electron chi connectivity index (χ0n) is 8.33. The van der Waals surface area contributed by atoms with Crippen LogP contribution in [0.3, 0.4) is 0 Å². The van der Waals surface area contributed by atoms with Crippen LogP contribution in [0.15, 0.2) is 18.2 Å². The highest BCUT2D eigenvalue weighted by molar-refractivity contribution is 5.64. The molecule has 82 valence electrons. The van der Waals surface area contributed by atoms with Crippen molar-refractivity contribution in [2.75, 3.05) is 13.7 Å². The molecule has 0 aromatic heterocycles. The largest absolute Gasteiger partial charge is 0.497 e. The van der Waals surface area contributed by atoms with Gasteiger partial charge in [0.05, 0.1) is 13.7 Å². The van der Waals surface area contributed by atoms with Crippen molar-refractivity contribution in [1.29, 1.82) is 0 Å². The molecule has 0 aliphatic heterocycles. The van der Waals surface area contributed by atoms with Crippen molar-refractivity contribution in [2.24, 2.45) is 5.73 Å². The number of amides is 1. The van der Waals surface area contributed by atoms with Gasteiger partial charge < -0.3 is 15.2 Å². The van der Waals surface area contributed by atoms with Gasteiger partial charge in [0.1, 0.15) is 11.6 Å². The maximum Gasteiger partial charge on any atom is 0.404 e. The van der Waals surface area contributed by atoms with Crippen LogP contribution in [0.25, 0.3) is 0 Å². The van der Waals surface area contributed by atoms with E-state index in [4.69, 9.17) is 10.5 Å². The van der Waals surface area contributed by atoms with Gasteiger partial charge in [0.25, 0.3) is 0 Å². The fourth-order valence-corrected chi connectivity index (χ4v) is 1.15. The van der Waals surface area contributed by atoms with Crippen LogP contribution in [0.1, 0.15) is 5.56 Å². The van der Waals surface area contributed by atoms with Gasteiger partial charge in [-0.05, 0) is 17.7 Å². The van der Waals surface area contributed by atoms with E-state index in [9.17, 15) is 9.18 Å². The lowest BCUT2D eigenvalue weighted by molar-refractivity contribution is 0.158. The van der Waals surface area contributed by atoms with Crippen molar-refractivity contribution in [3.8, 4) is 5.75 Å². The summed E-state index contributed by atoms with van der Waals surface area (Å²) in [6, 6.07) is 4.30. The molecular formula is C10H12FNO3. The van der Waals surface area contributed by atoms with Crippen LogP contribution in [-0.2, 0) is 11.2 Å². The summed E-state index contributed by atoms with van der Waals surface area (Å²) in [4.78, 5) is 10.3. The molecular weight excluding hydrogens is 201 g/mol. The number of halogens is 1. The van der Waals surface area contributed by atoms with Crippen LogP contribution < -0.4 is 10.5 Å². The van der Waals surface area contributed by atoms with Gasteiger partial charge >= 0.3 is 6.09 Å². The first-order valence-corrected chi connectivity index (χ1v) is 4.37. The van der Waals surface area contributed by atoms with Crippen LogP contribution in [0.5, 0.6) is 5.75 Å².